The predicted molar refractivity (Wildman–Crippen MR) is 52.0 cm³/mol. The Balaban J connectivity index is 2.63. The van der Waals surface area contributed by atoms with Crippen LogP contribution in [0.4, 0.5) is 0 Å². The molecule has 1 aromatic heterocycles. The Bertz CT molecular complexity index is 273. The van der Waals surface area contributed by atoms with Gasteiger partial charge in [-0.25, -0.2) is 4.98 Å². The molecule has 1 rings (SSSR count). The van der Waals surface area contributed by atoms with E-state index in [0.717, 1.165) is 11.3 Å². The van der Waals surface area contributed by atoms with Crippen LogP contribution in [-0.4, -0.2) is 28.2 Å². The minimum absolute atomic E-state index is 0.127. The summed E-state index contributed by atoms with van der Waals surface area (Å²) < 4.78 is 0. The number of thioether (sulfide) groups is 1. The summed E-state index contributed by atoms with van der Waals surface area (Å²) in [6.07, 6.45) is 2.29. The maximum atomic E-state index is 10.3. The molecule has 0 radical (unpaired) electrons. The van der Waals surface area contributed by atoms with Crippen LogP contribution in [0.3, 0.4) is 0 Å². The summed E-state index contributed by atoms with van der Waals surface area (Å²) in [7, 11) is 0. The monoisotopic (exact) mass is 197 g/mol. The van der Waals surface area contributed by atoms with Crippen LogP contribution in [-0.2, 0) is 0 Å². The minimum atomic E-state index is 0.127. The Labute approximate surface area is 81.2 Å². The highest BCUT2D eigenvalue weighted by molar-refractivity contribution is 7.99. The number of rotatable bonds is 4. The van der Waals surface area contributed by atoms with Gasteiger partial charge in [-0.3, -0.25) is 4.79 Å². The van der Waals surface area contributed by atoms with Gasteiger partial charge in [-0.15, -0.1) is 11.8 Å². The fourth-order valence-corrected chi connectivity index (χ4v) is 1.52. The van der Waals surface area contributed by atoms with Crippen molar-refractivity contribution in [3.63, 3.8) is 0 Å². The highest BCUT2D eigenvalue weighted by Crippen LogP contribution is 2.19. The average Bonchev–Trinajstić information content (AvgIpc) is 2.19. The summed E-state index contributed by atoms with van der Waals surface area (Å²) in [5, 5.41) is 9.75. The molecule has 70 valence electrons. The van der Waals surface area contributed by atoms with Crippen molar-refractivity contribution in [1.29, 1.82) is 0 Å². The van der Waals surface area contributed by atoms with Gasteiger partial charge in [0.15, 0.2) is 6.29 Å². The number of carbonyl (C=O) groups is 1. The van der Waals surface area contributed by atoms with Crippen molar-refractivity contribution in [2.75, 3.05) is 6.61 Å². The molecule has 0 aliphatic carbocycles. The number of aldehydes is 1. The Morgan fingerprint density at radius 3 is 2.92 bits per heavy atom. The molecule has 0 aliphatic heterocycles. The molecule has 1 atom stereocenters. The zero-order chi connectivity index (χ0) is 9.68. The lowest BCUT2D eigenvalue weighted by Gasteiger charge is -2.05. The van der Waals surface area contributed by atoms with E-state index in [0.29, 0.717) is 5.56 Å². The largest absolute Gasteiger partial charge is 0.395 e. The average molecular weight is 197 g/mol. The molecule has 0 fully saturated rings. The van der Waals surface area contributed by atoms with E-state index in [4.69, 9.17) is 5.11 Å². The van der Waals surface area contributed by atoms with E-state index in [1.807, 2.05) is 6.92 Å². The Hall–Kier alpha value is -0.870. The molecule has 0 spiro atoms. The molecule has 0 amide bonds. The minimum Gasteiger partial charge on any atom is -0.395 e. The second-order valence-electron chi connectivity index (χ2n) is 2.66. The van der Waals surface area contributed by atoms with Gasteiger partial charge in [0, 0.05) is 17.0 Å². The van der Waals surface area contributed by atoms with E-state index < -0.39 is 0 Å². The standard InChI is InChI=1S/C9H11NO2S/c1-7(5-11)13-9-3-2-8(6-12)4-10-9/h2-4,6-7,11H,5H2,1H3. The molecule has 1 aromatic rings. The Kier molecular flexibility index (Phi) is 3.92. The number of carbonyl (C=O) groups excluding carboxylic acids is 1. The molecule has 1 unspecified atom stereocenters. The number of hydrogen-bond donors (Lipinski definition) is 1. The third kappa shape index (κ3) is 3.16. The number of aliphatic hydroxyl groups excluding tert-OH is 1. The summed E-state index contributed by atoms with van der Waals surface area (Å²) in [6, 6.07) is 3.49. The molecule has 0 saturated carbocycles. The lowest BCUT2D eigenvalue weighted by Crippen LogP contribution is -2.02. The molecule has 0 aliphatic rings. The van der Waals surface area contributed by atoms with Gasteiger partial charge in [-0.2, -0.15) is 0 Å². The second-order valence-corrected chi connectivity index (χ2v) is 4.12. The van der Waals surface area contributed by atoms with Crippen LogP contribution < -0.4 is 0 Å². The maximum Gasteiger partial charge on any atom is 0.151 e. The fourth-order valence-electron chi connectivity index (χ4n) is 0.775. The van der Waals surface area contributed by atoms with Gasteiger partial charge in [0.25, 0.3) is 0 Å². The maximum absolute atomic E-state index is 10.3. The zero-order valence-corrected chi connectivity index (χ0v) is 8.12. The molecule has 0 saturated heterocycles. The lowest BCUT2D eigenvalue weighted by molar-refractivity contribution is 0.112. The van der Waals surface area contributed by atoms with E-state index in [1.165, 1.54) is 18.0 Å². The second kappa shape index (κ2) is 4.99. The van der Waals surface area contributed by atoms with Crippen molar-refractivity contribution >= 4 is 18.0 Å². The van der Waals surface area contributed by atoms with Gasteiger partial charge >= 0.3 is 0 Å². The fraction of sp³-hybridized carbons (Fsp3) is 0.333. The molecule has 0 aromatic carbocycles. The number of nitrogens with zero attached hydrogens (tertiary/aromatic N) is 1. The first-order valence-electron chi connectivity index (χ1n) is 3.95. The quantitative estimate of drug-likeness (QED) is 0.585. The van der Waals surface area contributed by atoms with Crippen LogP contribution in [0.5, 0.6) is 0 Å². The zero-order valence-electron chi connectivity index (χ0n) is 7.30. The summed E-state index contributed by atoms with van der Waals surface area (Å²) >= 11 is 1.49. The van der Waals surface area contributed by atoms with Crippen molar-refractivity contribution in [2.24, 2.45) is 0 Å². The SMILES string of the molecule is CC(CO)Sc1ccc(C=O)cn1. The van der Waals surface area contributed by atoms with Gasteiger partial charge in [0.05, 0.1) is 11.6 Å². The van der Waals surface area contributed by atoms with Crippen LogP contribution in [0.25, 0.3) is 0 Å². The number of pyridine rings is 1. The molecular weight excluding hydrogens is 186 g/mol. The highest BCUT2D eigenvalue weighted by Gasteiger charge is 2.03. The summed E-state index contributed by atoms with van der Waals surface area (Å²) in [4.78, 5) is 14.4. The molecule has 13 heavy (non-hydrogen) atoms. The van der Waals surface area contributed by atoms with Gasteiger partial charge in [-0.05, 0) is 12.1 Å². The number of hydrogen-bond acceptors (Lipinski definition) is 4. The smallest absolute Gasteiger partial charge is 0.151 e. The first-order valence-corrected chi connectivity index (χ1v) is 4.83. The third-order valence-corrected chi connectivity index (χ3v) is 2.51. The van der Waals surface area contributed by atoms with Gasteiger partial charge in [0.2, 0.25) is 0 Å². The summed E-state index contributed by atoms with van der Waals surface area (Å²) in [5.74, 6) is 0. The van der Waals surface area contributed by atoms with E-state index >= 15 is 0 Å². The van der Waals surface area contributed by atoms with Gasteiger partial charge in [0.1, 0.15) is 0 Å². The number of aromatic nitrogens is 1. The number of aliphatic hydroxyl groups is 1. The van der Waals surface area contributed by atoms with E-state index in [2.05, 4.69) is 4.98 Å². The van der Waals surface area contributed by atoms with Crippen molar-refractivity contribution in [2.45, 2.75) is 17.2 Å². The lowest BCUT2D eigenvalue weighted by atomic mass is 10.3. The molecule has 4 heteroatoms. The highest BCUT2D eigenvalue weighted by atomic mass is 32.2. The molecule has 1 N–H and O–H groups in total. The van der Waals surface area contributed by atoms with Crippen LogP contribution in [0.15, 0.2) is 23.4 Å². The Morgan fingerprint density at radius 1 is 1.69 bits per heavy atom. The molecular formula is C9H11NO2S. The molecule has 3 nitrogen and oxygen atoms in total. The van der Waals surface area contributed by atoms with Crippen molar-refractivity contribution in [1.82, 2.24) is 4.98 Å². The third-order valence-electron chi connectivity index (χ3n) is 1.47. The van der Waals surface area contributed by atoms with E-state index in [9.17, 15) is 4.79 Å². The van der Waals surface area contributed by atoms with Crippen molar-refractivity contribution in [3.05, 3.63) is 23.9 Å². The van der Waals surface area contributed by atoms with E-state index in [1.54, 1.807) is 12.1 Å². The van der Waals surface area contributed by atoms with Gasteiger partial charge in [-0.1, -0.05) is 6.92 Å². The first-order chi connectivity index (χ1) is 6.26. The predicted octanol–water partition coefficient (Wildman–Crippen LogP) is 1.37. The van der Waals surface area contributed by atoms with Crippen LogP contribution >= 0.6 is 11.8 Å². The van der Waals surface area contributed by atoms with Crippen LogP contribution in [0.1, 0.15) is 17.3 Å². The van der Waals surface area contributed by atoms with Crippen molar-refractivity contribution < 1.29 is 9.90 Å². The van der Waals surface area contributed by atoms with Crippen LogP contribution in [0, 0.1) is 0 Å². The summed E-state index contributed by atoms with van der Waals surface area (Å²) in [6.45, 7) is 2.04. The van der Waals surface area contributed by atoms with E-state index in [-0.39, 0.29) is 11.9 Å². The molecule has 1 heterocycles. The molecule has 0 bridgehead atoms. The Morgan fingerprint density at radius 2 is 2.46 bits per heavy atom. The topological polar surface area (TPSA) is 50.2 Å². The summed E-state index contributed by atoms with van der Waals surface area (Å²) in [5.41, 5.74) is 0.570. The van der Waals surface area contributed by atoms with Crippen molar-refractivity contribution in [3.8, 4) is 0 Å². The van der Waals surface area contributed by atoms with Gasteiger partial charge < -0.3 is 5.11 Å². The first kappa shape index (κ1) is 10.2. The van der Waals surface area contributed by atoms with Crippen LogP contribution in [0.2, 0.25) is 0 Å². The normalized spacial score (nSPS) is 12.5.